The van der Waals surface area contributed by atoms with Crippen LogP contribution in [-0.4, -0.2) is 32.2 Å². The lowest BCUT2D eigenvalue weighted by Crippen LogP contribution is -2.33. The van der Waals surface area contributed by atoms with Crippen LogP contribution in [0, 0.1) is 0 Å². The molecule has 0 atom stereocenters. The smallest absolute Gasteiger partial charge is 0.220 e. The molecule has 1 amide bonds. The van der Waals surface area contributed by atoms with Gasteiger partial charge in [0.2, 0.25) is 5.91 Å². The average molecular weight is 442 g/mol. The van der Waals surface area contributed by atoms with Gasteiger partial charge in [0, 0.05) is 13.0 Å². The minimum atomic E-state index is -1.10. The Kier molecular flexibility index (Phi) is 21.6. The van der Waals surface area contributed by atoms with Crippen LogP contribution in [0.5, 0.6) is 0 Å². The molecule has 0 saturated heterocycles. The van der Waals surface area contributed by atoms with Gasteiger partial charge in [-0.3, -0.25) is 4.79 Å². The number of hydrogen-bond donors (Lipinski definition) is 2. The number of carbonyl (C=O) groups excluding carboxylic acids is 1. The number of unbranched alkanes of at least 4 members (excludes halogenated alkanes) is 11. The topological polar surface area (TPSA) is 49.3 Å². The van der Waals surface area contributed by atoms with Gasteiger partial charge in [0.1, 0.15) is 0 Å². The van der Waals surface area contributed by atoms with Crippen molar-refractivity contribution in [3.05, 3.63) is 0 Å². The summed E-state index contributed by atoms with van der Waals surface area (Å²) in [7, 11) is -1.10. The van der Waals surface area contributed by atoms with Gasteiger partial charge < -0.3 is 10.4 Å². The Balaban J connectivity index is 4.27. The largest absolute Gasteiger partial charge is 0.395 e. The van der Waals surface area contributed by atoms with Crippen LogP contribution in [0.1, 0.15) is 124 Å². The van der Waals surface area contributed by atoms with Crippen molar-refractivity contribution >= 4 is 14.0 Å². The lowest BCUT2D eigenvalue weighted by Gasteiger charge is -2.33. The van der Waals surface area contributed by atoms with Crippen LogP contribution in [-0.2, 0) is 4.79 Å². The van der Waals surface area contributed by atoms with E-state index in [2.05, 4.69) is 26.1 Å². The Morgan fingerprint density at radius 3 is 1.57 bits per heavy atom. The molecule has 0 bridgehead atoms. The van der Waals surface area contributed by atoms with E-state index < -0.39 is 8.07 Å². The minimum Gasteiger partial charge on any atom is -0.395 e. The van der Waals surface area contributed by atoms with Gasteiger partial charge in [-0.15, -0.1) is 0 Å². The summed E-state index contributed by atoms with van der Waals surface area (Å²) in [6.45, 7) is 7.45. The molecule has 0 saturated carbocycles. The first-order valence-electron chi connectivity index (χ1n) is 13.5. The number of rotatable bonds is 23. The normalized spacial score (nSPS) is 11.7. The van der Waals surface area contributed by atoms with Crippen LogP contribution in [0.2, 0.25) is 24.2 Å². The number of carbonyl (C=O) groups is 1. The summed E-state index contributed by atoms with van der Waals surface area (Å²) in [6, 6.07) is 6.29. The molecule has 30 heavy (non-hydrogen) atoms. The Hall–Kier alpha value is -0.353. The van der Waals surface area contributed by atoms with Crippen molar-refractivity contribution in [2.45, 2.75) is 148 Å². The van der Waals surface area contributed by atoms with Gasteiger partial charge in [-0.1, -0.05) is 135 Å². The van der Waals surface area contributed by atoms with Crippen molar-refractivity contribution in [2.24, 2.45) is 0 Å². The molecule has 0 aliphatic rings. The summed E-state index contributed by atoms with van der Waals surface area (Å²) >= 11 is 0. The predicted octanol–water partition coefficient (Wildman–Crippen LogP) is 7.85. The number of amides is 1. The molecular weight excluding hydrogens is 386 g/mol. The van der Waals surface area contributed by atoms with Crippen LogP contribution >= 0.6 is 0 Å². The predicted molar refractivity (Wildman–Crippen MR) is 136 cm³/mol. The quantitative estimate of drug-likeness (QED) is 0.125. The summed E-state index contributed by atoms with van der Waals surface area (Å²) < 4.78 is 0. The number of hydrogen-bond acceptors (Lipinski definition) is 2. The molecule has 4 heteroatoms. The standard InChI is InChI=1S/C26H55NO2Si/c1-4-7-10-11-14-17-24-30(22-8-5-2,23-9-6-3)25-18-15-12-13-16-19-26(29)27-20-21-28/h28H,4-25H2,1-3H3,(H,27,29). The van der Waals surface area contributed by atoms with E-state index in [0.717, 1.165) is 6.42 Å². The molecule has 0 aromatic heterocycles. The highest BCUT2D eigenvalue weighted by Crippen LogP contribution is 2.34. The summed E-state index contributed by atoms with van der Waals surface area (Å²) in [5.41, 5.74) is 0. The third-order valence-electron chi connectivity index (χ3n) is 6.73. The second kappa shape index (κ2) is 21.9. The Bertz CT molecular complexity index is 368. The van der Waals surface area contributed by atoms with Gasteiger partial charge in [-0.05, 0) is 6.42 Å². The van der Waals surface area contributed by atoms with E-state index in [9.17, 15) is 4.79 Å². The number of aliphatic hydroxyl groups is 1. The fourth-order valence-corrected chi connectivity index (χ4v) is 10.4. The van der Waals surface area contributed by atoms with Crippen LogP contribution in [0.3, 0.4) is 0 Å². The lowest BCUT2D eigenvalue weighted by atomic mass is 10.1. The van der Waals surface area contributed by atoms with Crippen molar-refractivity contribution in [1.82, 2.24) is 5.32 Å². The first kappa shape index (κ1) is 29.6. The van der Waals surface area contributed by atoms with Crippen molar-refractivity contribution in [3.63, 3.8) is 0 Å². The molecule has 0 spiro atoms. The molecule has 2 N–H and O–H groups in total. The van der Waals surface area contributed by atoms with E-state index in [1.807, 2.05) is 0 Å². The van der Waals surface area contributed by atoms with Crippen molar-refractivity contribution < 1.29 is 9.90 Å². The Morgan fingerprint density at radius 1 is 0.633 bits per heavy atom. The fourth-order valence-electron chi connectivity index (χ4n) is 4.73. The molecule has 0 rings (SSSR count). The van der Waals surface area contributed by atoms with E-state index >= 15 is 0 Å². The summed E-state index contributed by atoms with van der Waals surface area (Å²) in [5, 5.41) is 11.5. The van der Waals surface area contributed by atoms with E-state index in [4.69, 9.17) is 5.11 Å². The zero-order valence-corrected chi connectivity index (χ0v) is 21.9. The minimum absolute atomic E-state index is 0.0339. The van der Waals surface area contributed by atoms with Gasteiger partial charge in [0.15, 0.2) is 0 Å². The molecule has 0 aliphatic carbocycles. The third-order valence-corrected chi connectivity index (χ3v) is 12.4. The first-order valence-corrected chi connectivity index (χ1v) is 16.3. The average Bonchev–Trinajstić information content (AvgIpc) is 2.76. The molecule has 180 valence electrons. The highest BCUT2D eigenvalue weighted by Gasteiger charge is 2.30. The first-order chi connectivity index (χ1) is 14.6. The summed E-state index contributed by atoms with van der Waals surface area (Å²) in [5.74, 6) is 0.0912. The maximum atomic E-state index is 11.6. The molecule has 0 aromatic carbocycles. The van der Waals surface area contributed by atoms with E-state index in [1.54, 1.807) is 24.2 Å². The van der Waals surface area contributed by atoms with E-state index in [-0.39, 0.29) is 12.5 Å². The van der Waals surface area contributed by atoms with Crippen LogP contribution in [0.15, 0.2) is 0 Å². The SMILES string of the molecule is CCCCCCCC[Si](CCCC)(CCCC)CCCCCCCC(=O)NCCO. The van der Waals surface area contributed by atoms with Crippen molar-refractivity contribution in [3.8, 4) is 0 Å². The van der Waals surface area contributed by atoms with Crippen LogP contribution in [0.25, 0.3) is 0 Å². The number of aliphatic hydroxyl groups excluding tert-OH is 1. The second-order valence-corrected chi connectivity index (χ2v) is 14.6. The summed E-state index contributed by atoms with van der Waals surface area (Å²) in [6.07, 6.45) is 21.0. The zero-order chi connectivity index (χ0) is 22.3. The van der Waals surface area contributed by atoms with E-state index in [0.29, 0.717) is 13.0 Å². The monoisotopic (exact) mass is 441 g/mol. The zero-order valence-electron chi connectivity index (χ0n) is 20.9. The highest BCUT2D eigenvalue weighted by atomic mass is 28.3. The molecule has 0 aliphatic heterocycles. The van der Waals surface area contributed by atoms with Gasteiger partial charge >= 0.3 is 0 Å². The second-order valence-electron chi connectivity index (χ2n) is 9.57. The number of nitrogens with one attached hydrogen (secondary N) is 1. The maximum Gasteiger partial charge on any atom is 0.220 e. The van der Waals surface area contributed by atoms with Crippen LogP contribution in [0.4, 0.5) is 0 Å². The van der Waals surface area contributed by atoms with Gasteiger partial charge in [0.05, 0.1) is 14.7 Å². The van der Waals surface area contributed by atoms with Gasteiger partial charge in [-0.2, -0.15) is 0 Å². The molecule has 0 aromatic rings. The highest BCUT2D eigenvalue weighted by molar-refractivity contribution is 6.79. The van der Waals surface area contributed by atoms with Gasteiger partial charge in [-0.25, -0.2) is 0 Å². The Labute approximate surface area is 190 Å². The van der Waals surface area contributed by atoms with Crippen LogP contribution < -0.4 is 5.32 Å². The van der Waals surface area contributed by atoms with Crippen molar-refractivity contribution in [1.29, 1.82) is 0 Å². The fraction of sp³-hybridized carbons (Fsp3) is 0.962. The van der Waals surface area contributed by atoms with Crippen molar-refractivity contribution in [2.75, 3.05) is 13.2 Å². The molecule has 3 nitrogen and oxygen atoms in total. The van der Waals surface area contributed by atoms with E-state index in [1.165, 1.54) is 89.9 Å². The molecule has 0 radical (unpaired) electrons. The molecule has 0 unspecified atom stereocenters. The molecular formula is C26H55NO2Si. The van der Waals surface area contributed by atoms with Gasteiger partial charge in [0.25, 0.3) is 0 Å². The summed E-state index contributed by atoms with van der Waals surface area (Å²) in [4.78, 5) is 11.6. The third kappa shape index (κ3) is 17.3. The molecule has 0 fully saturated rings. The Morgan fingerprint density at radius 2 is 1.07 bits per heavy atom. The maximum absolute atomic E-state index is 11.6. The molecule has 0 heterocycles. The lowest BCUT2D eigenvalue weighted by molar-refractivity contribution is -0.121.